The first-order valence-corrected chi connectivity index (χ1v) is 7.24. The number of carbonyl (C=O) groups excluding carboxylic acids is 1. The largest absolute Gasteiger partial charge is 0.382 e. The summed E-state index contributed by atoms with van der Waals surface area (Å²) in [4.78, 5) is 12.0. The van der Waals surface area contributed by atoms with Crippen molar-refractivity contribution in [3.63, 3.8) is 0 Å². The average molecular weight is 287 g/mol. The lowest BCUT2D eigenvalue weighted by atomic mass is 9.97. The molecule has 2 fully saturated rings. The molecular formula is C14H25NO5. The molecule has 0 bridgehead atoms. The van der Waals surface area contributed by atoms with Gasteiger partial charge in [-0.2, -0.15) is 0 Å². The van der Waals surface area contributed by atoms with Crippen molar-refractivity contribution < 1.29 is 23.7 Å². The lowest BCUT2D eigenvalue weighted by Gasteiger charge is -2.18. The van der Waals surface area contributed by atoms with Crippen LogP contribution in [0.3, 0.4) is 0 Å². The van der Waals surface area contributed by atoms with E-state index >= 15 is 0 Å². The number of amides is 1. The highest BCUT2D eigenvalue weighted by Crippen LogP contribution is 2.24. The van der Waals surface area contributed by atoms with Crippen molar-refractivity contribution in [3.8, 4) is 0 Å². The molecule has 2 heterocycles. The van der Waals surface area contributed by atoms with E-state index in [9.17, 15) is 4.79 Å². The Hall–Kier alpha value is -0.690. The minimum atomic E-state index is 0.0475. The van der Waals surface area contributed by atoms with E-state index in [4.69, 9.17) is 18.9 Å². The maximum Gasteiger partial charge on any atom is 0.220 e. The number of nitrogens with one attached hydrogen (secondary N) is 1. The van der Waals surface area contributed by atoms with Gasteiger partial charge in [-0.15, -0.1) is 0 Å². The molecule has 2 aliphatic heterocycles. The van der Waals surface area contributed by atoms with Gasteiger partial charge in [-0.05, 0) is 12.3 Å². The fraction of sp³-hybridized carbons (Fsp3) is 0.929. The highest BCUT2D eigenvalue weighted by Gasteiger charge is 2.30. The number of methoxy groups -OCH3 is 2. The van der Waals surface area contributed by atoms with Crippen molar-refractivity contribution in [3.05, 3.63) is 0 Å². The van der Waals surface area contributed by atoms with E-state index in [0.717, 1.165) is 12.8 Å². The third-order valence-corrected chi connectivity index (χ3v) is 4.03. The molecular weight excluding hydrogens is 262 g/mol. The molecule has 0 aromatic rings. The average Bonchev–Trinajstić information content (AvgIpc) is 3.07. The highest BCUT2D eigenvalue weighted by molar-refractivity contribution is 5.76. The summed E-state index contributed by atoms with van der Waals surface area (Å²) < 4.78 is 21.5. The van der Waals surface area contributed by atoms with Gasteiger partial charge in [0.15, 0.2) is 0 Å². The van der Waals surface area contributed by atoms with Crippen LogP contribution in [-0.2, 0) is 23.7 Å². The first-order valence-electron chi connectivity index (χ1n) is 7.24. The smallest absolute Gasteiger partial charge is 0.220 e. The van der Waals surface area contributed by atoms with E-state index in [0.29, 0.717) is 32.8 Å². The maximum atomic E-state index is 12.0. The first kappa shape index (κ1) is 15.7. The van der Waals surface area contributed by atoms with E-state index in [1.54, 1.807) is 14.2 Å². The molecule has 1 N–H and O–H groups in total. The maximum absolute atomic E-state index is 12.0. The van der Waals surface area contributed by atoms with Crippen LogP contribution in [-0.4, -0.2) is 64.8 Å². The van der Waals surface area contributed by atoms with Crippen LogP contribution in [0.2, 0.25) is 0 Å². The zero-order valence-electron chi connectivity index (χ0n) is 12.3. The minimum absolute atomic E-state index is 0.0475. The van der Waals surface area contributed by atoms with Gasteiger partial charge in [-0.1, -0.05) is 0 Å². The summed E-state index contributed by atoms with van der Waals surface area (Å²) in [5.74, 6) is 0.317. The lowest BCUT2D eigenvalue weighted by Crippen LogP contribution is -2.34. The Morgan fingerprint density at radius 1 is 1.35 bits per heavy atom. The van der Waals surface area contributed by atoms with Gasteiger partial charge in [0, 0.05) is 40.2 Å². The van der Waals surface area contributed by atoms with E-state index < -0.39 is 0 Å². The molecule has 0 saturated carbocycles. The molecule has 0 aromatic carbocycles. The van der Waals surface area contributed by atoms with Gasteiger partial charge in [-0.25, -0.2) is 0 Å². The Bertz CT molecular complexity index is 312. The van der Waals surface area contributed by atoms with Crippen molar-refractivity contribution in [2.75, 3.05) is 40.6 Å². The molecule has 0 radical (unpaired) electrons. The van der Waals surface area contributed by atoms with Gasteiger partial charge in [0.05, 0.1) is 31.5 Å². The second-order valence-electron chi connectivity index (χ2n) is 5.47. The molecule has 0 aliphatic carbocycles. The van der Waals surface area contributed by atoms with Crippen molar-refractivity contribution in [2.24, 2.45) is 5.92 Å². The topological polar surface area (TPSA) is 66.0 Å². The van der Waals surface area contributed by atoms with E-state index in [1.165, 1.54) is 0 Å². The van der Waals surface area contributed by atoms with Crippen LogP contribution >= 0.6 is 0 Å². The number of rotatable bonds is 7. The molecule has 2 aliphatic rings. The van der Waals surface area contributed by atoms with E-state index in [2.05, 4.69) is 5.32 Å². The number of ether oxygens (including phenoxy) is 4. The number of hydrogen-bond donors (Lipinski definition) is 1. The van der Waals surface area contributed by atoms with Gasteiger partial charge in [0.2, 0.25) is 5.91 Å². The molecule has 6 heteroatoms. The monoisotopic (exact) mass is 287 g/mol. The van der Waals surface area contributed by atoms with Crippen LogP contribution in [0.4, 0.5) is 0 Å². The van der Waals surface area contributed by atoms with Crippen LogP contribution in [0.25, 0.3) is 0 Å². The van der Waals surface area contributed by atoms with E-state index in [1.807, 2.05) is 0 Å². The molecule has 6 nitrogen and oxygen atoms in total. The third kappa shape index (κ3) is 4.41. The normalized spacial score (nSPS) is 33.5. The van der Waals surface area contributed by atoms with Crippen LogP contribution in [0, 0.1) is 5.92 Å². The van der Waals surface area contributed by atoms with Crippen LogP contribution in [0.1, 0.15) is 19.3 Å². The van der Waals surface area contributed by atoms with Crippen molar-refractivity contribution >= 4 is 5.91 Å². The fourth-order valence-electron chi connectivity index (χ4n) is 2.79. The Labute approximate surface area is 120 Å². The minimum Gasteiger partial charge on any atom is -0.382 e. The molecule has 116 valence electrons. The zero-order valence-corrected chi connectivity index (χ0v) is 12.3. The number of hydrogen-bond acceptors (Lipinski definition) is 5. The van der Waals surface area contributed by atoms with Gasteiger partial charge in [0.1, 0.15) is 0 Å². The Kier molecular flexibility index (Phi) is 6.22. The predicted molar refractivity (Wildman–Crippen MR) is 72.5 cm³/mol. The van der Waals surface area contributed by atoms with Crippen LogP contribution in [0.5, 0.6) is 0 Å². The fourth-order valence-corrected chi connectivity index (χ4v) is 2.79. The molecule has 1 amide bonds. The molecule has 2 unspecified atom stereocenters. The van der Waals surface area contributed by atoms with Crippen molar-refractivity contribution in [1.29, 1.82) is 0 Å². The molecule has 20 heavy (non-hydrogen) atoms. The SMILES string of the molecule is COCC1OCC[C@@H]1CC(=O)NCC1C[C@@H](OC)CO1. The molecule has 0 aromatic heterocycles. The standard InChI is InChI=1S/C14H25NO5/c1-17-9-13-10(3-4-19-13)5-14(16)15-7-11-6-12(18-2)8-20-11/h10-13H,3-9H2,1-2H3,(H,15,16)/t10-,11?,12-,13?/m1/s1. The summed E-state index contributed by atoms with van der Waals surface area (Å²) in [5, 5.41) is 2.94. The summed E-state index contributed by atoms with van der Waals surface area (Å²) in [6.45, 7) is 2.44. The summed E-state index contributed by atoms with van der Waals surface area (Å²) >= 11 is 0. The summed E-state index contributed by atoms with van der Waals surface area (Å²) in [6.07, 6.45) is 2.54. The molecule has 2 rings (SSSR count). The van der Waals surface area contributed by atoms with Gasteiger partial charge >= 0.3 is 0 Å². The van der Waals surface area contributed by atoms with Crippen LogP contribution in [0.15, 0.2) is 0 Å². The van der Waals surface area contributed by atoms with Gasteiger partial charge < -0.3 is 24.3 Å². The van der Waals surface area contributed by atoms with E-state index in [-0.39, 0.29) is 30.1 Å². The first-order chi connectivity index (χ1) is 9.72. The summed E-state index contributed by atoms with van der Waals surface area (Å²) in [6, 6.07) is 0. The summed E-state index contributed by atoms with van der Waals surface area (Å²) in [5.41, 5.74) is 0. The van der Waals surface area contributed by atoms with Crippen molar-refractivity contribution in [1.82, 2.24) is 5.32 Å². The Morgan fingerprint density at radius 2 is 2.20 bits per heavy atom. The second kappa shape index (κ2) is 7.93. The van der Waals surface area contributed by atoms with Crippen molar-refractivity contribution in [2.45, 2.75) is 37.6 Å². The third-order valence-electron chi connectivity index (χ3n) is 4.03. The highest BCUT2D eigenvalue weighted by atomic mass is 16.5. The second-order valence-corrected chi connectivity index (χ2v) is 5.47. The lowest BCUT2D eigenvalue weighted by molar-refractivity contribution is -0.123. The Balaban J connectivity index is 1.65. The zero-order chi connectivity index (χ0) is 14.4. The van der Waals surface area contributed by atoms with Gasteiger partial charge in [-0.3, -0.25) is 4.79 Å². The predicted octanol–water partition coefficient (Wildman–Crippen LogP) is 0.348. The molecule has 4 atom stereocenters. The van der Waals surface area contributed by atoms with Crippen LogP contribution < -0.4 is 5.32 Å². The molecule has 0 spiro atoms. The molecule has 2 saturated heterocycles. The number of carbonyl (C=O) groups is 1. The quantitative estimate of drug-likeness (QED) is 0.732. The Morgan fingerprint density at radius 3 is 2.90 bits per heavy atom. The summed E-state index contributed by atoms with van der Waals surface area (Å²) in [7, 11) is 3.34. The van der Waals surface area contributed by atoms with Gasteiger partial charge in [0.25, 0.3) is 0 Å².